The third kappa shape index (κ3) is 10.3. The molecule has 572 valence electrons. The third-order valence-electron chi connectivity index (χ3n) is 27.4. The molecule has 0 spiro atoms. The lowest BCUT2D eigenvalue weighted by Crippen LogP contribution is -2.24. The molecule has 0 radical (unpaired) electrons. The van der Waals surface area contributed by atoms with Crippen LogP contribution in [0.1, 0.15) is 73.6 Å². The Labute approximate surface area is 699 Å². The Hall–Kier alpha value is -15.0. The van der Waals surface area contributed by atoms with Crippen LogP contribution >= 0.6 is 0 Å². The molecule has 22 aromatic rings. The van der Waals surface area contributed by atoms with E-state index in [-0.39, 0.29) is 10.8 Å². The summed E-state index contributed by atoms with van der Waals surface area (Å²) in [5, 5.41) is 11.2. The van der Waals surface area contributed by atoms with Gasteiger partial charge in [0.15, 0.2) is 0 Å². The Morgan fingerprint density at radius 3 is 1.23 bits per heavy atom. The summed E-state index contributed by atoms with van der Waals surface area (Å²) in [6.07, 6.45) is 0.703. The maximum absolute atomic E-state index is 7.20. The highest BCUT2D eigenvalue weighted by molar-refractivity contribution is 6.16. The Bertz CT molecular complexity index is 8160. The first kappa shape index (κ1) is 69.2. The van der Waals surface area contributed by atoms with Gasteiger partial charge >= 0.3 is 0 Å². The quantitative estimate of drug-likeness (QED) is 0.121. The van der Waals surface area contributed by atoms with Crippen LogP contribution in [-0.4, -0.2) is 0 Å². The van der Waals surface area contributed by atoms with Crippen molar-refractivity contribution in [2.75, 3.05) is 9.80 Å². The molecule has 0 bridgehead atoms. The van der Waals surface area contributed by atoms with Crippen molar-refractivity contribution in [3.8, 4) is 77.9 Å². The molecule has 3 aliphatic carbocycles. The molecule has 0 N–H and O–H groups in total. The Balaban J connectivity index is 0.564. The van der Waals surface area contributed by atoms with Crippen LogP contribution in [0, 0.1) is 0 Å². The van der Waals surface area contributed by atoms with Gasteiger partial charge in [0.2, 0.25) is 0 Å². The lowest BCUT2D eigenvalue weighted by Gasteiger charge is -2.31. The Morgan fingerprint density at radius 1 is 0.207 bits per heavy atom. The summed E-state index contributed by atoms with van der Waals surface area (Å²) in [5.74, 6) is 0. The van der Waals surface area contributed by atoms with Gasteiger partial charge in [-0.15, -0.1) is 0 Å². The predicted octanol–water partition coefficient (Wildman–Crippen LogP) is 32.2. The van der Waals surface area contributed by atoms with Gasteiger partial charge in [0.25, 0.3) is 0 Å². The van der Waals surface area contributed by atoms with Gasteiger partial charge in [-0.05, 0) is 233 Å². The van der Waals surface area contributed by atoms with Crippen molar-refractivity contribution in [1.29, 1.82) is 0 Å². The molecule has 3 aliphatic rings. The zero-order valence-corrected chi connectivity index (χ0v) is 67.5. The predicted molar refractivity (Wildman–Crippen MR) is 501 cm³/mol. The van der Waals surface area contributed by atoms with E-state index in [9.17, 15) is 0 Å². The van der Waals surface area contributed by atoms with E-state index >= 15 is 0 Å². The van der Waals surface area contributed by atoms with E-state index < -0.39 is 5.41 Å². The summed E-state index contributed by atoms with van der Waals surface area (Å²) in [4.78, 5) is 4.93. The SMILES string of the molecule is CC1(C)c2ccccc2-c2ccc(N(c3ccc(-c4cccc5c4oc4ccccc45)cc3)c3ccc4c(c3)C(C)(C)c3cc(-c5ccc6oc7c(CC8(C)c9ccccc9-c9ccc(N(c%10ccc(-c%11ccc%12oc%13ccccc%13c%12c%11)cc%10)c%10ccc(-c%11cccc%12c%11oc%11ccccc%11%12)c%11ccccc%10%11)cc98)cccc7c6c5)ccc3-4)cc21. The van der Waals surface area contributed by atoms with E-state index in [1.807, 2.05) is 24.3 Å². The number of furan rings is 4. The second kappa shape index (κ2) is 25.8. The normalized spacial score (nSPS) is 14.7. The maximum Gasteiger partial charge on any atom is 0.143 e. The molecule has 18 aromatic carbocycles. The van der Waals surface area contributed by atoms with Gasteiger partial charge in [0, 0.05) is 104 Å². The molecule has 4 aromatic heterocycles. The van der Waals surface area contributed by atoms with Crippen molar-refractivity contribution in [3.63, 3.8) is 0 Å². The molecule has 121 heavy (non-hydrogen) atoms. The Kier molecular flexibility index (Phi) is 14.7. The van der Waals surface area contributed by atoms with E-state index in [2.05, 4.69) is 390 Å². The molecule has 1 atom stereocenters. The molecule has 0 aliphatic heterocycles. The number of benzene rings is 18. The van der Waals surface area contributed by atoms with Crippen LogP contribution in [-0.2, 0) is 22.7 Å². The molecule has 0 fully saturated rings. The van der Waals surface area contributed by atoms with Gasteiger partial charge < -0.3 is 27.5 Å². The van der Waals surface area contributed by atoms with Gasteiger partial charge in [-0.2, -0.15) is 0 Å². The van der Waals surface area contributed by atoms with Crippen LogP contribution in [0.3, 0.4) is 0 Å². The van der Waals surface area contributed by atoms with Gasteiger partial charge in [0.1, 0.15) is 44.7 Å². The summed E-state index contributed by atoms with van der Waals surface area (Å²) >= 11 is 0. The molecule has 0 saturated heterocycles. The number of anilines is 6. The highest BCUT2D eigenvalue weighted by atomic mass is 16.3. The summed E-state index contributed by atoms with van der Waals surface area (Å²) in [6, 6.07) is 136. The molecule has 6 nitrogen and oxygen atoms in total. The van der Waals surface area contributed by atoms with Gasteiger partial charge in [0.05, 0.1) is 5.69 Å². The molecular formula is C115H78N2O4. The van der Waals surface area contributed by atoms with Crippen LogP contribution in [0.2, 0.25) is 0 Å². The van der Waals surface area contributed by atoms with Gasteiger partial charge in [-0.1, -0.05) is 289 Å². The van der Waals surface area contributed by atoms with Crippen molar-refractivity contribution < 1.29 is 17.7 Å². The fraction of sp³-hybridized carbons (Fsp3) is 0.0783. The van der Waals surface area contributed by atoms with Crippen LogP contribution in [0.15, 0.2) is 388 Å². The highest BCUT2D eigenvalue weighted by Gasteiger charge is 2.42. The number of hydrogen-bond acceptors (Lipinski definition) is 6. The van der Waals surface area contributed by atoms with E-state index in [0.717, 1.165) is 177 Å². The number of para-hydroxylation sites is 6. The van der Waals surface area contributed by atoms with E-state index in [0.29, 0.717) is 6.42 Å². The average molecular weight is 1550 g/mol. The minimum absolute atomic E-state index is 0.177. The molecule has 0 amide bonds. The lowest BCUT2D eigenvalue weighted by molar-refractivity contribution is 0.575. The standard InChI is InChI=1S/C115H78N2O4/c1-113(2)98-34-13-8-23-82(98)85-54-50-76(64-101(85)113)116(74-48-41-69(42-49-74)79-29-19-32-93-89-26-10-16-37-106(89)120-111(79)93)77-51-55-86-84-53-43-72(63-100(84)114(3,4)102(86)65-77)71-45-60-109-97(62-71)95-30-18-21-73(110(95)119-109)67-115(5)99-35-14-9-24-83(99)87-56-52-78(66-103(87)115)117(75-46-39-68(40-47-75)70-44-59-108-96(61-70)91-28-12-15-36-105(91)118-108)104-58-57-81(80-22-6-7-25-88(80)104)92-31-20-33-94-90-27-11-17-38-107(90)121-112(92)94/h6-66H,67H2,1-5H3. The summed E-state index contributed by atoms with van der Waals surface area (Å²) < 4.78 is 26.8. The van der Waals surface area contributed by atoms with E-state index in [4.69, 9.17) is 17.7 Å². The van der Waals surface area contributed by atoms with Crippen molar-refractivity contribution in [3.05, 3.63) is 409 Å². The molecule has 25 rings (SSSR count). The highest BCUT2D eigenvalue weighted by Crippen LogP contribution is 2.58. The molecule has 1 unspecified atom stereocenters. The van der Waals surface area contributed by atoms with Crippen LogP contribution in [0.25, 0.3) is 176 Å². The van der Waals surface area contributed by atoms with E-state index in [1.54, 1.807) is 0 Å². The number of nitrogens with zero attached hydrogens (tertiary/aromatic N) is 2. The summed E-state index contributed by atoms with van der Waals surface area (Å²) in [6.45, 7) is 12.0. The molecular weight excluding hydrogens is 1470 g/mol. The lowest BCUT2D eigenvalue weighted by atomic mass is 9.75. The minimum Gasteiger partial charge on any atom is -0.456 e. The van der Waals surface area contributed by atoms with E-state index in [1.165, 1.54) is 72.3 Å². The van der Waals surface area contributed by atoms with Gasteiger partial charge in [-0.25, -0.2) is 0 Å². The van der Waals surface area contributed by atoms with Crippen molar-refractivity contribution >= 4 is 133 Å². The first-order valence-corrected chi connectivity index (χ1v) is 42.1. The largest absolute Gasteiger partial charge is 0.456 e. The monoisotopic (exact) mass is 1550 g/mol. The number of fused-ring (bicyclic) bond motifs is 22. The van der Waals surface area contributed by atoms with Crippen molar-refractivity contribution in [1.82, 2.24) is 0 Å². The van der Waals surface area contributed by atoms with Gasteiger partial charge in [-0.3, -0.25) is 0 Å². The first-order chi connectivity index (χ1) is 59.3. The van der Waals surface area contributed by atoms with Crippen molar-refractivity contribution in [2.45, 2.75) is 57.3 Å². The molecule has 6 heteroatoms. The minimum atomic E-state index is -0.470. The number of rotatable bonds is 12. The smallest absolute Gasteiger partial charge is 0.143 e. The van der Waals surface area contributed by atoms with Crippen LogP contribution in [0.5, 0.6) is 0 Å². The summed E-state index contributed by atoms with van der Waals surface area (Å²) in [5.41, 5.74) is 38.3. The molecule has 4 heterocycles. The Morgan fingerprint density at radius 2 is 0.579 bits per heavy atom. The maximum atomic E-state index is 7.20. The second-order valence-corrected chi connectivity index (χ2v) is 34.7. The zero-order chi connectivity index (χ0) is 80.3. The van der Waals surface area contributed by atoms with Crippen LogP contribution < -0.4 is 9.80 Å². The average Bonchev–Trinajstić information content (AvgIpc) is 1.57. The topological polar surface area (TPSA) is 59.0 Å². The number of hydrogen-bond donors (Lipinski definition) is 0. The molecule has 0 saturated carbocycles. The summed E-state index contributed by atoms with van der Waals surface area (Å²) in [7, 11) is 0. The third-order valence-corrected chi connectivity index (χ3v) is 27.4. The second-order valence-electron chi connectivity index (χ2n) is 34.7. The fourth-order valence-electron chi connectivity index (χ4n) is 21.3. The first-order valence-electron chi connectivity index (χ1n) is 42.1. The fourth-order valence-corrected chi connectivity index (χ4v) is 21.3. The van der Waals surface area contributed by atoms with Crippen molar-refractivity contribution in [2.24, 2.45) is 0 Å². The zero-order valence-electron chi connectivity index (χ0n) is 67.5. The van der Waals surface area contributed by atoms with Crippen LogP contribution in [0.4, 0.5) is 34.1 Å².